The summed E-state index contributed by atoms with van der Waals surface area (Å²) in [6, 6.07) is 13.0. The molecule has 0 fully saturated rings. The number of anilines is 1. The molecule has 1 atom stereocenters. The maximum absolute atomic E-state index is 13.3. The molecule has 1 unspecified atom stereocenters. The number of aliphatic carboxylic acids is 1. The summed E-state index contributed by atoms with van der Waals surface area (Å²) in [7, 11) is -4.66. The van der Waals surface area contributed by atoms with E-state index in [4.69, 9.17) is 9.84 Å². The number of hydrogen-bond acceptors (Lipinski definition) is 9. The van der Waals surface area contributed by atoms with Gasteiger partial charge in [0.05, 0.1) is 10.3 Å². The van der Waals surface area contributed by atoms with E-state index in [-0.39, 0.29) is 34.2 Å². The summed E-state index contributed by atoms with van der Waals surface area (Å²) < 4.78 is 44.9. The summed E-state index contributed by atoms with van der Waals surface area (Å²) in [5.74, 6) is 0.104. The number of carboxylic acids is 1. The first-order valence-corrected chi connectivity index (χ1v) is 25.2. The van der Waals surface area contributed by atoms with E-state index in [0.29, 0.717) is 63.8 Å². The molecule has 3 aromatic carbocycles. The van der Waals surface area contributed by atoms with Crippen molar-refractivity contribution in [2.24, 2.45) is 0 Å². The third-order valence-electron chi connectivity index (χ3n) is 14.2. The number of Topliss-reactive ketones (excluding diaryl/α,β-unsaturated/α-hetero) is 1. The lowest BCUT2D eigenvalue weighted by atomic mass is 9.81. The van der Waals surface area contributed by atoms with Crippen molar-refractivity contribution >= 4 is 44.9 Å². The first-order valence-electron chi connectivity index (χ1n) is 23.8. The van der Waals surface area contributed by atoms with Crippen LogP contribution >= 0.6 is 0 Å². The number of rotatable bonds is 21. The van der Waals surface area contributed by atoms with Crippen LogP contribution in [-0.4, -0.2) is 76.4 Å². The number of allylic oxidation sites excluding steroid dienone is 6. The highest BCUT2D eigenvalue weighted by Gasteiger charge is 2.44. The van der Waals surface area contributed by atoms with Gasteiger partial charge in [-0.05, 0) is 127 Å². The second kappa shape index (κ2) is 20.8. The van der Waals surface area contributed by atoms with Crippen LogP contribution in [0.1, 0.15) is 139 Å². The summed E-state index contributed by atoms with van der Waals surface area (Å²) in [6.07, 6.45) is 17.4. The molecule has 0 aliphatic carbocycles. The van der Waals surface area contributed by atoms with E-state index in [1.165, 1.54) is 23.4 Å². The number of phenols is 1. The molecule has 12 nitrogen and oxygen atoms in total. The first kappa shape index (κ1) is 50.9. The van der Waals surface area contributed by atoms with Crippen LogP contribution in [0.2, 0.25) is 0 Å². The Morgan fingerprint density at radius 3 is 2.27 bits per heavy atom. The van der Waals surface area contributed by atoms with Crippen molar-refractivity contribution in [1.82, 2.24) is 5.32 Å². The predicted octanol–water partition coefficient (Wildman–Crippen LogP) is 9.85. The Bertz CT molecular complexity index is 2640. The van der Waals surface area contributed by atoms with Crippen molar-refractivity contribution in [2.75, 3.05) is 24.5 Å². The molecular formula is C54H69N3O9S. The Hall–Kier alpha value is -5.53. The highest BCUT2D eigenvalue weighted by atomic mass is 32.2. The molecule has 6 rings (SSSR count). The summed E-state index contributed by atoms with van der Waals surface area (Å²) >= 11 is 0. The van der Waals surface area contributed by atoms with Gasteiger partial charge in [0.25, 0.3) is 5.91 Å². The number of amides is 1. The number of nitrogens with one attached hydrogen (secondary N) is 1. The van der Waals surface area contributed by atoms with Crippen LogP contribution in [0.15, 0.2) is 83.4 Å². The van der Waals surface area contributed by atoms with Crippen molar-refractivity contribution in [3.05, 3.63) is 112 Å². The zero-order valence-electron chi connectivity index (χ0n) is 40.6. The highest BCUT2D eigenvalue weighted by molar-refractivity contribution is 7.85. The van der Waals surface area contributed by atoms with Crippen molar-refractivity contribution in [1.29, 1.82) is 0 Å². The standard InChI is InChI=1S/C54H69N3O9S/c1-36-37(2)50-41(38(3)49(36)61)30-31-54(8,66-50)51(62)55-32-20-22-39(58)21-12-10-18-34-57-45-29-28-40(67(63,64)65)35-43(45)53(6,7)47(57)26-14-9-13-25-46-52(4,5)42-23-16-17-24-44(42)56(46)33-19-11-15-27-48(59)60/h9,13-14,16-17,23-26,28-29,35H,10-12,15,18-22,27,30-34H2,1-8H3,(H3-,55,59,60,61,62,63,64,65). The van der Waals surface area contributed by atoms with Gasteiger partial charge < -0.3 is 29.7 Å². The monoisotopic (exact) mass is 935 g/mol. The molecule has 0 saturated carbocycles. The fourth-order valence-corrected chi connectivity index (χ4v) is 10.5. The fraction of sp³-hybridized carbons (Fsp3) is 0.481. The fourth-order valence-electron chi connectivity index (χ4n) is 9.99. The SMILES string of the molecule is Cc1c(C)c2c(c(C)c1O)CCC(C)(C(=O)NCCCC(=O)CCCCCN1/C(=C/C=C/C=C/C3=[N+](CCCCCC(=O)O)c4ccccc4C3(C)C)C(C)(C)c3cc(S(=O)(=O)[O-])ccc31)O2. The molecular weight excluding hydrogens is 867 g/mol. The van der Waals surface area contributed by atoms with Gasteiger partial charge in [-0.1, -0.05) is 56.7 Å². The number of carbonyl (C=O) groups is 3. The molecule has 0 bridgehead atoms. The number of ether oxygens (including phenoxy) is 1. The number of ketones is 1. The minimum atomic E-state index is -4.66. The average Bonchev–Trinajstić information content (AvgIpc) is 3.62. The molecule has 0 saturated heterocycles. The van der Waals surface area contributed by atoms with Gasteiger partial charge in [-0.25, -0.2) is 8.42 Å². The molecule has 3 aliphatic heterocycles. The number of fused-ring (bicyclic) bond motifs is 3. The lowest BCUT2D eigenvalue weighted by molar-refractivity contribution is -0.438. The van der Waals surface area contributed by atoms with Crippen molar-refractivity contribution in [3.63, 3.8) is 0 Å². The maximum atomic E-state index is 13.3. The van der Waals surface area contributed by atoms with E-state index in [1.54, 1.807) is 13.0 Å². The van der Waals surface area contributed by atoms with Gasteiger partial charge in [0.1, 0.15) is 33.9 Å². The topological polar surface area (TPSA) is 176 Å². The molecule has 3 aromatic rings. The Balaban J connectivity index is 1.05. The molecule has 3 N–H and O–H groups in total. The minimum absolute atomic E-state index is 0.143. The lowest BCUT2D eigenvalue weighted by Crippen LogP contribution is -2.51. The lowest BCUT2D eigenvalue weighted by Gasteiger charge is -2.36. The van der Waals surface area contributed by atoms with Gasteiger partial charge >= 0.3 is 5.97 Å². The summed E-state index contributed by atoms with van der Waals surface area (Å²) in [4.78, 5) is 39.2. The van der Waals surface area contributed by atoms with E-state index in [2.05, 4.69) is 52.9 Å². The molecule has 0 radical (unpaired) electrons. The molecule has 3 aliphatic rings. The van der Waals surface area contributed by atoms with Gasteiger partial charge in [0, 0.05) is 85.3 Å². The van der Waals surface area contributed by atoms with Crippen LogP contribution in [0.3, 0.4) is 0 Å². The van der Waals surface area contributed by atoms with Gasteiger partial charge in [0.2, 0.25) is 5.69 Å². The predicted molar refractivity (Wildman–Crippen MR) is 262 cm³/mol. The average molecular weight is 936 g/mol. The largest absolute Gasteiger partial charge is 0.744 e. The molecule has 13 heteroatoms. The van der Waals surface area contributed by atoms with Crippen LogP contribution in [0, 0.1) is 20.8 Å². The van der Waals surface area contributed by atoms with Crippen LogP contribution in [0.25, 0.3) is 0 Å². The number of para-hydroxylation sites is 1. The second-order valence-corrected chi connectivity index (χ2v) is 21.0. The summed E-state index contributed by atoms with van der Waals surface area (Å²) in [5, 5.41) is 22.6. The minimum Gasteiger partial charge on any atom is -0.744 e. The third kappa shape index (κ3) is 11.1. The van der Waals surface area contributed by atoms with E-state index in [1.807, 2.05) is 65.0 Å². The maximum Gasteiger partial charge on any atom is 0.303 e. The Morgan fingerprint density at radius 1 is 0.836 bits per heavy atom. The number of carboxylic acid groups (broad SMARTS) is 1. The summed E-state index contributed by atoms with van der Waals surface area (Å²) in [6.45, 7) is 17.7. The van der Waals surface area contributed by atoms with Crippen LogP contribution in [0.5, 0.6) is 11.5 Å². The number of aromatic hydroxyl groups is 1. The molecule has 67 heavy (non-hydrogen) atoms. The van der Waals surface area contributed by atoms with E-state index < -0.39 is 27.1 Å². The zero-order valence-corrected chi connectivity index (χ0v) is 41.4. The number of phenolic OH excluding ortho intramolecular Hbond substituents is 1. The van der Waals surface area contributed by atoms with E-state index in [9.17, 15) is 32.5 Å². The smallest absolute Gasteiger partial charge is 0.303 e. The second-order valence-electron chi connectivity index (χ2n) is 19.7. The molecule has 0 aromatic heterocycles. The van der Waals surface area contributed by atoms with Crippen LogP contribution in [-0.2, 0) is 41.8 Å². The van der Waals surface area contributed by atoms with Gasteiger partial charge in [-0.3, -0.25) is 14.4 Å². The molecule has 1 amide bonds. The Kier molecular flexibility index (Phi) is 15.8. The number of carbonyl (C=O) groups excluding carboxylic acids is 2. The van der Waals surface area contributed by atoms with E-state index >= 15 is 0 Å². The highest BCUT2D eigenvalue weighted by Crippen LogP contribution is 2.49. The zero-order chi connectivity index (χ0) is 48.9. The van der Waals surface area contributed by atoms with Crippen molar-refractivity contribution in [2.45, 2.75) is 154 Å². The van der Waals surface area contributed by atoms with Crippen LogP contribution < -0.4 is 15.0 Å². The van der Waals surface area contributed by atoms with Gasteiger partial charge in [-0.2, -0.15) is 4.58 Å². The Morgan fingerprint density at radius 2 is 1.54 bits per heavy atom. The summed E-state index contributed by atoms with van der Waals surface area (Å²) in [5.41, 5.74) is 7.56. The molecule has 0 spiro atoms. The number of unbranched alkanes of at least 4 members (excludes halogenated alkanes) is 4. The third-order valence-corrected chi connectivity index (χ3v) is 15.0. The normalized spacial score (nSPS) is 18.9. The molecule has 360 valence electrons. The number of nitrogens with zero attached hydrogens (tertiary/aromatic N) is 2. The number of benzene rings is 3. The molecule has 3 heterocycles. The van der Waals surface area contributed by atoms with Gasteiger partial charge in [0.15, 0.2) is 11.3 Å². The number of hydrogen-bond donors (Lipinski definition) is 3. The van der Waals surface area contributed by atoms with Crippen molar-refractivity contribution in [3.8, 4) is 11.5 Å². The Labute approximate surface area is 397 Å². The van der Waals surface area contributed by atoms with Crippen molar-refractivity contribution < 1.29 is 46.9 Å². The quantitative estimate of drug-likeness (QED) is 0.0403. The van der Waals surface area contributed by atoms with E-state index in [0.717, 1.165) is 77.1 Å². The first-order chi connectivity index (χ1) is 31.6. The van der Waals surface area contributed by atoms with Crippen LogP contribution in [0.4, 0.5) is 11.4 Å². The van der Waals surface area contributed by atoms with Gasteiger partial charge in [-0.15, -0.1) is 0 Å².